The minimum atomic E-state index is -0.268. The molecule has 0 saturated heterocycles. The molecule has 0 aliphatic rings. The summed E-state index contributed by atoms with van der Waals surface area (Å²) in [6.07, 6.45) is 3.10. The van der Waals surface area contributed by atoms with E-state index >= 15 is 0 Å². The van der Waals surface area contributed by atoms with Gasteiger partial charge >= 0.3 is 0 Å². The summed E-state index contributed by atoms with van der Waals surface area (Å²) in [5.41, 5.74) is 3.56. The summed E-state index contributed by atoms with van der Waals surface area (Å²) in [5, 5.41) is 9.66. The van der Waals surface area contributed by atoms with Crippen LogP contribution < -0.4 is 10.6 Å². The molecular weight excluding hydrogens is 378 g/mol. The van der Waals surface area contributed by atoms with E-state index in [2.05, 4.69) is 41.5 Å². The van der Waals surface area contributed by atoms with Gasteiger partial charge in [-0.05, 0) is 47.7 Å². The second kappa shape index (κ2) is 8.90. The van der Waals surface area contributed by atoms with Crippen molar-refractivity contribution >= 4 is 11.8 Å². The standard InChI is InChI=1S/C23H27N5O2/c1-16(17-7-11-20(12-8-17)28-15-24-14-26-28)27-21(29)13-25-22(30)18-5-9-19(10-6-18)23(2,3)4/h5-12,14-16H,13H2,1-4H3,(H,25,30)(H,27,29)/t16-/m1/s1. The van der Waals surface area contributed by atoms with Crippen LogP contribution in [0.25, 0.3) is 5.69 Å². The highest BCUT2D eigenvalue weighted by Crippen LogP contribution is 2.22. The Kier molecular flexibility index (Phi) is 6.30. The van der Waals surface area contributed by atoms with Crippen LogP contribution in [-0.2, 0) is 10.2 Å². The van der Waals surface area contributed by atoms with E-state index < -0.39 is 0 Å². The van der Waals surface area contributed by atoms with E-state index in [1.165, 1.54) is 6.33 Å². The first-order chi connectivity index (χ1) is 14.2. The van der Waals surface area contributed by atoms with Crippen LogP contribution in [0.2, 0.25) is 0 Å². The Balaban J connectivity index is 1.50. The Hall–Kier alpha value is -3.48. The summed E-state index contributed by atoms with van der Waals surface area (Å²) < 4.78 is 1.66. The SMILES string of the molecule is C[C@@H](NC(=O)CNC(=O)c1ccc(C(C)(C)C)cc1)c1ccc(-n2cncn2)cc1. The molecule has 3 aromatic rings. The Morgan fingerprint density at radius 3 is 2.27 bits per heavy atom. The molecule has 2 amide bonds. The predicted octanol–water partition coefficient (Wildman–Crippen LogP) is 3.17. The van der Waals surface area contributed by atoms with Gasteiger partial charge in [0, 0.05) is 5.56 Å². The minimum absolute atomic E-state index is 0.0263. The van der Waals surface area contributed by atoms with Crippen molar-refractivity contribution in [3.8, 4) is 5.69 Å². The highest BCUT2D eigenvalue weighted by atomic mass is 16.2. The van der Waals surface area contributed by atoms with Crippen LogP contribution in [0.3, 0.4) is 0 Å². The number of rotatable bonds is 6. The van der Waals surface area contributed by atoms with Gasteiger partial charge < -0.3 is 10.6 Å². The van der Waals surface area contributed by atoms with Crippen LogP contribution in [0.4, 0.5) is 0 Å². The molecule has 0 aliphatic carbocycles. The molecule has 0 fully saturated rings. The zero-order valence-electron chi connectivity index (χ0n) is 17.7. The molecule has 0 spiro atoms. The number of hydrogen-bond acceptors (Lipinski definition) is 4. The first-order valence-electron chi connectivity index (χ1n) is 9.87. The normalized spacial score (nSPS) is 12.3. The summed E-state index contributed by atoms with van der Waals surface area (Å²) in [6.45, 7) is 8.18. The lowest BCUT2D eigenvalue weighted by Gasteiger charge is -2.19. The van der Waals surface area contributed by atoms with Gasteiger partial charge in [-0.25, -0.2) is 9.67 Å². The number of amides is 2. The summed E-state index contributed by atoms with van der Waals surface area (Å²) in [5.74, 6) is -0.516. The van der Waals surface area contributed by atoms with Crippen LogP contribution in [0.1, 0.15) is 55.2 Å². The average molecular weight is 406 g/mol. The Labute approximate surface area is 176 Å². The molecule has 1 atom stereocenters. The molecule has 0 aliphatic heterocycles. The number of nitrogens with zero attached hydrogens (tertiary/aromatic N) is 3. The second-order valence-electron chi connectivity index (χ2n) is 8.23. The third-order valence-corrected chi connectivity index (χ3v) is 4.88. The summed E-state index contributed by atoms with van der Waals surface area (Å²) in [7, 11) is 0. The van der Waals surface area contributed by atoms with Crippen molar-refractivity contribution in [3.63, 3.8) is 0 Å². The first kappa shape index (κ1) is 21.2. The average Bonchev–Trinajstić information content (AvgIpc) is 3.26. The molecule has 1 aromatic heterocycles. The van der Waals surface area contributed by atoms with E-state index in [1.54, 1.807) is 23.1 Å². The predicted molar refractivity (Wildman–Crippen MR) is 115 cm³/mol. The van der Waals surface area contributed by atoms with Gasteiger partial charge in [0.05, 0.1) is 18.3 Å². The molecule has 0 saturated carbocycles. The van der Waals surface area contributed by atoms with Gasteiger partial charge in [0.25, 0.3) is 5.91 Å². The largest absolute Gasteiger partial charge is 0.348 e. The highest BCUT2D eigenvalue weighted by molar-refractivity contribution is 5.96. The van der Waals surface area contributed by atoms with Gasteiger partial charge in [-0.2, -0.15) is 5.10 Å². The van der Waals surface area contributed by atoms with Gasteiger partial charge in [0.1, 0.15) is 12.7 Å². The van der Waals surface area contributed by atoms with Crippen LogP contribution >= 0.6 is 0 Å². The number of carbonyl (C=O) groups excluding carboxylic acids is 2. The van der Waals surface area contributed by atoms with Crippen LogP contribution in [0, 0.1) is 0 Å². The van der Waals surface area contributed by atoms with Crippen molar-refractivity contribution in [2.75, 3.05) is 6.54 Å². The molecule has 2 N–H and O–H groups in total. The molecule has 7 heteroatoms. The molecule has 30 heavy (non-hydrogen) atoms. The van der Waals surface area contributed by atoms with E-state index in [4.69, 9.17) is 0 Å². The molecule has 156 valence electrons. The van der Waals surface area contributed by atoms with Crippen molar-refractivity contribution in [2.24, 2.45) is 0 Å². The van der Waals surface area contributed by atoms with Crippen molar-refractivity contribution in [2.45, 2.75) is 39.2 Å². The summed E-state index contributed by atoms with van der Waals surface area (Å²) in [6, 6.07) is 14.9. The second-order valence-corrected chi connectivity index (χ2v) is 8.23. The lowest BCUT2D eigenvalue weighted by Crippen LogP contribution is -2.38. The van der Waals surface area contributed by atoms with E-state index in [1.807, 2.05) is 43.3 Å². The van der Waals surface area contributed by atoms with Crippen LogP contribution in [0.15, 0.2) is 61.2 Å². The lowest BCUT2D eigenvalue weighted by molar-refractivity contribution is -0.120. The van der Waals surface area contributed by atoms with E-state index in [0.29, 0.717) is 5.56 Å². The zero-order valence-corrected chi connectivity index (χ0v) is 17.7. The molecule has 2 aromatic carbocycles. The first-order valence-corrected chi connectivity index (χ1v) is 9.87. The van der Waals surface area contributed by atoms with Gasteiger partial charge in [0.2, 0.25) is 5.91 Å². The fourth-order valence-corrected chi connectivity index (χ4v) is 3.02. The molecular formula is C23H27N5O2. The molecule has 0 unspecified atom stereocenters. The summed E-state index contributed by atoms with van der Waals surface area (Å²) in [4.78, 5) is 28.5. The van der Waals surface area contributed by atoms with Gasteiger partial charge in [-0.3, -0.25) is 9.59 Å². The van der Waals surface area contributed by atoms with Crippen molar-refractivity contribution in [1.29, 1.82) is 0 Å². The van der Waals surface area contributed by atoms with E-state index in [-0.39, 0.29) is 29.8 Å². The fraction of sp³-hybridized carbons (Fsp3) is 0.304. The Bertz CT molecular complexity index is 988. The van der Waals surface area contributed by atoms with E-state index in [9.17, 15) is 9.59 Å². The minimum Gasteiger partial charge on any atom is -0.348 e. The fourth-order valence-electron chi connectivity index (χ4n) is 3.02. The maximum absolute atomic E-state index is 12.3. The monoisotopic (exact) mass is 405 g/mol. The summed E-state index contributed by atoms with van der Waals surface area (Å²) >= 11 is 0. The number of nitrogens with one attached hydrogen (secondary N) is 2. The maximum Gasteiger partial charge on any atom is 0.251 e. The van der Waals surface area contributed by atoms with Gasteiger partial charge in [-0.15, -0.1) is 0 Å². The molecule has 7 nitrogen and oxygen atoms in total. The molecule has 0 bridgehead atoms. The third-order valence-electron chi connectivity index (χ3n) is 4.88. The van der Waals surface area contributed by atoms with E-state index in [0.717, 1.165) is 16.8 Å². The smallest absolute Gasteiger partial charge is 0.251 e. The number of carbonyl (C=O) groups is 2. The number of benzene rings is 2. The van der Waals surface area contributed by atoms with Crippen LogP contribution in [0.5, 0.6) is 0 Å². The van der Waals surface area contributed by atoms with Crippen molar-refractivity contribution in [3.05, 3.63) is 77.9 Å². The highest BCUT2D eigenvalue weighted by Gasteiger charge is 2.15. The Morgan fingerprint density at radius 2 is 1.70 bits per heavy atom. The topological polar surface area (TPSA) is 88.9 Å². The molecule has 1 heterocycles. The van der Waals surface area contributed by atoms with Crippen molar-refractivity contribution in [1.82, 2.24) is 25.4 Å². The lowest BCUT2D eigenvalue weighted by atomic mass is 9.87. The Morgan fingerprint density at radius 1 is 1.03 bits per heavy atom. The zero-order chi connectivity index (χ0) is 21.7. The van der Waals surface area contributed by atoms with Crippen LogP contribution in [-0.4, -0.2) is 33.1 Å². The number of aromatic nitrogens is 3. The molecule has 3 rings (SSSR count). The number of hydrogen-bond donors (Lipinski definition) is 2. The van der Waals surface area contributed by atoms with Gasteiger partial charge in [-0.1, -0.05) is 45.0 Å². The molecule has 0 radical (unpaired) electrons. The van der Waals surface area contributed by atoms with Gasteiger partial charge in [0.15, 0.2) is 0 Å². The maximum atomic E-state index is 12.3. The third kappa shape index (κ3) is 5.31. The van der Waals surface area contributed by atoms with Crippen molar-refractivity contribution < 1.29 is 9.59 Å². The quantitative estimate of drug-likeness (QED) is 0.659.